The first-order valence-electron chi connectivity index (χ1n) is 10.6. The fourth-order valence-electron chi connectivity index (χ4n) is 3.91. The Morgan fingerprint density at radius 1 is 1.09 bits per heavy atom. The fourth-order valence-corrected chi connectivity index (χ4v) is 4.09. The van der Waals surface area contributed by atoms with E-state index < -0.39 is 5.60 Å². The Balaban J connectivity index is 1.52. The van der Waals surface area contributed by atoms with Crippen molar-refractivity contribution in [3.63, 3.8) is 0 Å². The number of hydrogen-bond acceptors (Lipinski definition) is 6. The average Bonchev–Trinajstić information content (AvgIpc) is 2.84. The number of carbonyl (C=O) groups excluding carboxylic acids is 2. The van der Waals surface area contributed by atoms with Gasteiger partial charge in [-0.25, -0.2) is 0 Å². The van der Waals surface area contributed by atoms with E-state index in [2.05, 4.69) is 4.98 Å². The summed E-state index contributed by atoms with van der Waals surface area (Å²) in [5.74, 6) is 0.390. The van der Waals surface area contributed by atoms with Crippen LogP contribution in [-0.4, -0.2) is 84.8 Å². The standard InChI is InChI=1S/C23H26ClN3O5/c24-19-4-1-5-20(13-19)31-17-23(14-21(28)26-7-10-30-11-8-26)16-27(9-12-32-23)22(29)18-3-2-6-25-15-18/h1-6,13,15H,7-12,14,16-17H2/t23-/m0/s1. The van der Waals surface area contributed by atoms with Gasteiger partial charge in [-0.3, -0.25) is 14.6 Å². The van der Waals surface area contributed by atoms with Gasteiger partial charge in [-0.15, -0.1) is 0 Å². The zero-order valence-electron chi connectivity index (χ0n) is 17.7. The predicted octanol–water partition coefficient (Wildman–Crippen LogP) is 2.27. The summed E-state index contributed by atoms with van der Waals surface area (Å²) < 4.78 is 17.5. The summed E-state index contributed by atoms with van der Waals surface area (Å²) in [5, 5.41) is 0.555. The number of halogens is 1. The molecule has 0 bridgehead atoms. The van der Waals surface area contributed by atoms with E-state index in [0.29, 0.717) is 55.8 Å². The number of carbonyl (C=O) groups is 2. The molecule has 1 aromatic heterocycles. The molecule has 1 atom stereocenters. The second-order valence-electron chi connectivity index (χ2n) is 7.92. The SMILES string of the molecule is O=C(C[C@@]1(COc2cccc(Cl)c2)CN(C(=O)c2cccnc2)CCO1)N1CCOCC1. The van der Waals surface area contributed by atoms with E-state index in [0.717, 1.165) is 0 Å². The van der Waals surface area contributed by atoms with Crippen molar-refractivity contribution in [3.8, 4) is 5.75 Å². The highest BCUT2D eigenvalue weighted by atomic mass is 35.5. The number of morpholine rings is 2. The molecule has 2 aliphatic heterocycles. The van der Waals surface area contributed by atoms with Gasteiger partial charge in [0, 0.05) is 37.1 Å². The summed E-state index contributed by atoms with van der Waals surface area (Å²) in [4.78, 5) is 33.7. The molecule has 1 aromatic carbocycles. The molecule has 0 unspecified atom stereocenters. The number of amides is 2. The Hall–Kier alpha value is -2.68. The third-order valence-corrected chi connectivity index (χ3v) is 5.81. The summed E-state index contributed by atoms with van der Waals surface area (Å²) >= 11 is 6.08. The lowest BCUT2D eigenvalue weighted by Crippen LogP contribution is -2.58. The molecule has 2 amide bonds. The molecule has 32 heavy (non-hydrogen) atoms. The summed E-state index contributed by atoms with van der Waals surface area (Å²) in [7, 11) is 0. The van der Waals surface area contributed by atoms with Crippen LogP contribution in [0, 0.1) is 0 Å². The van der Waals surface area contributed by atoms with Gasteiger partial charge in [0.1, 0.15) is 18.0 Å². The molecular weight excluding hydrogens is 434 g/mol. The van der Waals surface area contributed by atoms with Crippen molar-refractivity contribution in [2.75, 3.05) is 52.6 Å². The lowest BCUT2D eigenvalue weighted by Gasteiger charge is -2.43. The Morgan fingerprint density at radius 3 is 2.66 bits per heavy atom. The Labute approximate surface area is 192 Å². The van der Waals surface area contributed by atoms with E-state index in [-0.39, 0.29) is 31.4 Å². The minimum atomic E-state index is -0.978. The number of benzene rings is 1. The molecule has 2 saturated heterocycles. The molecule has 170 valence electrons. The third kappa shape index (κ3) is 5.56. The van der Waals surface area contributed by atoms with Crippen LogP contribution in [0.2, 0.25) is 5.02 Å². The molecule has 2 fully saturated rings. The van der Waals surface area contributed by atoms with Crippen LogP contribution in [0.3, 0.4) is 0 Å². The van der Waals surface area contributed by atoms with Gasteiger partial charge >= 0.3 is 0 Å². The van der Waals surface area contributed by atoms with Gasteiger partial charge in [0.15, 0.2) is 0 Å². The van der Waals surface area contributed by atoms with E-state index in [1.54, 1.807) is 58.6 Å². The molecular formula is C23H26ClN3O5. The van der Waals surface area contributed by atoms with Gasteiger partial charge in [0.25, 0.3) is 5.91 Å². The van der Waals surface area contributed by atoms with E-state index in [1.807, 2.05) is 0 Å². The van der Waals surface area contributed by atoms with E-state index in [4.69, 9.17) is 25.8 Å². The molecule has 0 spiro atoms. The summed E-state index contributed by atoms with van der Waals surface area (Å²) in [6.07, 6.45) is 3.27. The summed E-state index contributed by atoms with van der Waals surface area (Å²) in [6, 6.07) is 10.5. The summed E-state index contributed by atoms with van der Waals surface area (Å²) in [5.41, 5.74) is -0.480. The van der Waals surface area contributed by atoms with Gasteiger partial charge in [-0.05, 0) is 30.3 Å². The van der Waals surface area contributed by atoms with Crippen LogP contribution >= 0.6 is 11.6 Å². The average molecular weight is 460 g/mol. The van der Waals surface area contributed by atoms with Crippen LogP contribution in [0.5, 0.6) is 5.75 Å². The maximum absolute atomic E-state index is 13.1. The molecule has 4 rings (SSSR count). The first-order chi connectivity index (χ1) is 15.5. The van der Waals surface area contributed by atoms with Crippen LogP contribution in [0.25, 0.3) is 0 Å². The molecule has 8 nitrogen and oxygen atoms in total. The lowest BCUT2D eigenvalue weighted by atomic mass is 9.96. The Bertz CT molecular complexity index is 938. The normalized spacial score (nSPS) is 21.3. The highest BCUT2D eigenvalue weighted by molar-refractivity contribution is 6.30. The van der Waals surface area contributed by atoms with Gasteiger partial charge in [-0.2, -0.15) is 0 Å². The van der Waals surface area contributed by atoms with E-state index >= 15 is 0 Å². The van der Waals surface area contributed by atoms with Crippen LogP contribution in [-0.2, 0) is 14.3 Å². The molecule has 2 aliphatic rings. The smallest absolute Gasteiger partial charge is 0.255 e. The van der Waals surface area contributed by atoms with Crippen molar-refractivity contribution >= 4 is 23.4 Å². The largest absolute Gasteiger partial charge is 0.490 e. The van der Waals surface area contributed by atoms with Crippen molar-refractivity contribution < 1.29 is 23.8 Å². The second kappa shape index (κ2) is 10.3. The fraction of sp³-hybridized carbons (Fsp3) is 0.435. The molecule has 0 radical (unpaired) electrons. The highest BCUT2D eigenvalue weighted by Crippen LogP contribution is 2.27. The highest BCUT2D eigenvalue weighted by Gasteiger charge is 2.42. The molecule has 0 N–H and O–H groups in total. The Kier molecular flexibility index (Phi) is 7.24. The number of hydrogen-bond donors (Lipinski definition) is 0. The molecule has 9 heteroatoms. The van der Waals surface area contributed by atoms with Gasteiger partial charge in [0.2, 0.25) is 5.91 Å². The third-order valence-electron chi connectivity index (χ3n) is 5.58. The minimum Gasteiger partial charge on any atom is -0.490 e. The topological polar surface area (TPSA) is 81.2 Å². The molecule has 2 aromatic rings. The zero-order chi connectivity index (χ0) is 22.4. The van der Waals surface area contributed by atoms with Gasteiger partial charge in [-0.1, -0.05) is 17.7 Å². The van der Waals surface area contributed by atoms with Crippen LogP contribution < -0.4 is 4.74 Å². The first kappa shape index (κ1) is 22.5. The first-order valence-corrected chi connectivity index (χ1v) is 11.0. The van der Waals surface area contributed by atoms with Gasteiger partial charge in [0.05, 0.1) is 38.3 Å². The number of rotatable bonds is 6. The van der Waals surface area contributed by atoms with Gasteiger partial charge < -0.3 is 24.0 Å². The predicted molar refractivity (Wildman–Crippen MR) is 118 cm³/mol. The Morgan fingerprint density at radius 2 is 1.91 bits per heavy atom. The van der Waals surface area contributed by atoms with Crippen molar-refractivity contribution in [2.24, 2.45) is 0 Å². The summed E-state index contributed by atoms with van der Waals surface area (Å²) in [6.45, 7) is 3.20. The number of ether oxygens (including phenoxy) is 3. The molecule has 3 heterocycles. The van der Waals surface area contributed by atoms with Crippen LogP contribution in [0.1, 0.15) is 16.8 Å². The van der Waals surface area contributed by atoms with Crippen molar-refractivity contribution in [3.05, 3.63) is 59.4 Å². The van der Waals surface area contributed by atoms with Crippen molar-refractivity contribution in [1.82, 2.24) is 14.8 Å². The second-order valence-corrected chi connectivity index (χ2v) is 8.35. The molecule has 0 aliphatic carbocycles. The molecule has 0 saturated carbocycles. The van der Waals surface area contributed by atoms with Crippen molar-refractivity contribution in [2.45, 2.75) is 12.0 Å². The number of pyridine rings is 1. The monoisotopic (exact) mass is 459 g/mol. The van der Waals surface area contributed by atoms with E-state index in [1.165, 1.54) is 0 Å². The maximum atomic E-state index is 13.1. The van der Waals surface area contributed by atoms with Crippen LogP contribution in [0.4, 0.5) is 0 Å². The van der Waals surface area contributed by atoms with Crippen molar-refractivity contribution in [1.29, 1.82) is 0 Å². The van der Waals surface area contributed by atoms with Crippen LogP contribution in [0.15, 0.2) is 48.8 Å². The lowest BCUT2D eigenvalue weighted by molar-refractivity contribution is -0.155. The number of nitrogens with zero attached hydrogens (tertiary/aromatic N) is 3. The quantitative estimate of drug-likeness (QED) is 0.659. The number of aromatic nitrogens is 1. The maximum Gasteiger partial charge on any atom is 0.255 e. The zero-order valence-corrected chi connectivity index (χ0v) is 18.5. The van der Waals surface area contributed by atoms with E-state index in [9.17, 15) is 9.59 Å². The minimum absolute atomic E-state index is 0.0429.